The second kappa shape index (κ2) is 5.59. The Hall–Kier alpha value is -1.93. The van der Waals surface area contributed by atoms with Crippen molar-refractivity contribution < 1.29 is 13.3 Å². The molecule has 0 aliphatic heterocycles. The highest BCUT2D eigenvalue weighted by molar-refractivity contribution is 7.88. The number of sulfonamides is 1. The fourth-order valence-corrected chi connectivity index (χ4v) is 2.79. The Morgan fingerprint density at radius 2 is 2.15 bits per heavy atom. The van der Waals surface area contributed by atoms with Crippen LogP contribution in [0.3, 0.4) is 0 Å². The van der Waals surface area contributed by atoms with Gasteiger partial charge in [-0.25, -0.2) is 13.1 Å². The highest BCUT2D eigenvalue weighted by Crippen LogP contribution is 2.21. The van der Waals surface area contributed by atoms with E-state index in [-0.39, 0.29) is 17.2 Å². The molecule has 7 nitrogen and oxygen atoms in total. The minimum absolute atomic E-state index is 0.112. The Bertz CT molecular complexity index is 736. The van der Waals surface area contributed by atoms with E-state index in [1.807, 2.05) is 0 Å². The molecule has 0 aliphatic rings. The molecule has 0 amide bonds. The number of H-pyrrole nitrogens is 1. The van der Waals surface area contributed by atoms with E-state index in [1.54, 1.807) is 24.4 Å². The molecule has 0 radical (unpaired) electrons. The van der Waals surface area contributed by atoms with Crippen LogP contribution in [0.1, 0.15) is 11.1 Å². The zero-order chi connectivity index (χ0) is 14.8. The zero-order valence-corrected chi connectivity index (χ0v) is 11.7. The van der Waals surface area contributed by atoms with Gasteiger partial charge in [0.1, 0.15) is 0 Å². The first-order valence-electron chi connectivity index (χ1n) is 6.03. The molecule has 0 unspecified atom stereocenters. The van der Waals surface area contributed by atoms with E-state index in [4.69, 9.17) is 0 Å². The van der Waals surface area contributed by atoms with Gasteiger partial charge in [0, 0.05) is 28.4 Å². The summed E-state index contributed by atoms with van der Waals surface area (Å²) in [5, 5.41) is 11.3. The molecule has 0 saturated carbocycles. The van der Waals surface area contributed by atoms with Crippen molar-refractivity contribution in [3.63, 3.8) is 0 Å². The fourth-order valence-electron chi connectivity index (χ4n) is 2.03. The van der Waals surface area contributed by atoms with Gasteiger partial charge in [0.05, 0.1) is 5.75 Å². The third-order valence-electron chi connectivity index (χ3n) is 3.06. The molecule has 2 aromatic rings. The predicted octanol–water partition coefficient (Wildman–Crippen LogP) is 1.04. The van der Waals surface area contributed by atoms with Gasteiger partial charge >= 0.3 is 0 Å². The Labute approximate surface area is 116 Å². The van der Waals surface area contributed by atoms with Crippen LogP contribution in [0.5, 0.6) is 0 Å². The highest BCUT2D eigenvalue weighted by atomic mass is 32.2. The van der Waals surface area contributed by atoms with Gasteiger partial charge in [-0.15, -0.1) is 0 Å². The maximum atomic E-state index is 11.5. The van der Waals surface area contributed by atoms with Gasteiger partial charge in [-0.1, -0.05) is 6.07 Å². The van der Waals surface area contributed by atoms with Crippen LogP contribution in [0.4, 0.5) is 0 Å². The van der Waals surface area contributed by atoms with E-state index in [2.05, 4.69) is 9.71 Å². The van der Waals surface area contributed by atoms with Crippen LogP contribution in [-0.2, 0) is 22.2 Å². The van der Waals surface area contributed by atoms with Gasteiger partial charge in [0.15, 0.2) is 0 Å². The molecule has 1 aromatic heterocycles. The molecule has 1 heterocycles. The lowest BCUT2D eigenvalue weighted by Crippen LogP contribution is -2.20. The third kappa shape index (κ3) is 3.34. The van der Waals surface area contributed by atoms with Gasteiger partial charge in [-0.2, -0.15) is 0 Å². The Morgan fingerprint density at radius 3 is 2.80 bits per heavy atom. The summed E-state index contributed by atoms with van der Waals surface area (Å²) in [5.41, 5.74) is 2.31. The van der Waals surface area contributed by atoms with Crippen molar-refractivity contribution in [1.82, 2.24) is 9.71 Å². The standard InChI is InChI=1S/C12H15N3O4S/c1-13-20(18,19)8-9-2-3-12-11(6-9)10(7-14-12)4-5-15(16)17/h2-3,6-7,13-14H,4-5,8H2,1H3. The van der Waals surface area contributed by atoms with Gasteiger partial charge in [0.25, 0.3) is 0 Å². The molecular weight excluding hydrogens is 282 g/mol. The van der Waals surface area contributed by atoms with Crippen molar-refractivity contribution in [3.8, 4) is 0 Å². The third-order valence-corrected chi connectivity index (χ3v) is 4.40. The molecule has 0 fully saturated rings. The van der Waals surface area contributed by atoms with Crippen molar-refractivity contribution in [1.29, 1.82) is 0 Å². The second-order valence-corrected chi connectivity index (χ2v) is 6.39. The molecule has 0 saturated heterocycles. The number of aromatic amines is 1. The summed E-state index contributed by atoms with van der Waals surface area (Å²) in [6, 6.07) is 5.27. The molecule has 1 aromatic carbocycles. The van der Waals surface area contributed by atoms with Crippen molar-refractivity contribution in [2.24, 2.45) is 0 Å². The minimum Gasteiger partial charge on any atom is -0.361 e. The lowest BCUT2D eigenvalue weighted by atomic mass is 10.1. The van der Waals surface area contributed by atoms with Gasteiger partial charge in [0.2, 0.25) is 16.6 Å². The quantitative estimate of drug-likeness (QED) is 0.613. The van der Waals surface area contributed by atoms with Crippen molar-refractivity contribution in [3.05, 3.63) is 45.6 Å². The number of fused-ring (bicyclic) bond motifs is 1. The van der Waals surface area contributed by atoms with Crippen molar-refractivity contribution in [2.75, 3.05) is 13.6 Å². The summed E-state index contributed by atoms with van der Waals surface area (Å²) in [7, 11) is -1.96. The Morgan fingerprint density at radius 1 is 1.40 bits per heavy atom. The van der Waals surface area contributed by atoms with E-state index in [1.165, 1.54) is 7.05 Å². The van der Waals surface area contributed by atoms with Crippen LogP contribution in [0.15, 0.2) is 24.4 Å². The molecule has 20 heavy (non-hydrogen) atoms. The number of hydrogen-bond donors (Lipinski definition) is 2. The average molecular weight is 297 g/mol. The largest absolute Gasteiger partial charge is 0.361 e. The molecule has 2 rings (SSSR count). The summed E-state index contributed by atoms with van der Waals surface area (Å²) in [6.45, 7) is -0.147. The molecule has 0 bridgehead atoms. The maximum Gasteiger partial charge on any atom is 0.215 e. The summed E-state index contributed by atoms with van der Waals surface area (Å²) >= 11 is 0. The van der Waals surface area contributed by atoms with Gasteiger partial charge < -0.3 is 4.98 Å². The molecule has 108 valence electrons. The number of benzene rings is 1. The average Bonchev–Trinajstić information content (AvgIpc) is 2.78. The summed E-state index contributed by atoms with van der Waals surface area (Å²) in [4.78, 5) is 13.1. The van der Waals surface area contributed by atoms with Crippen LogP contribution < -0.4 is 4.72 Å². The number of rotatable bonds is 6. The minimum atomic E-state index is -3.33. The number of nitrogens with zero attached hydrogens (tertiary/aromatic N) is 1. The Balaban J connectivity index is 2.32. The number of nitrogens with one attached hydrogen (secondary N) is 2. The fraction of sp³-hybridized carbons (Fsp3) is 0.333. The molecule has 0 atom stereocenters. The zero-order valence-electron chi connectivity index (χ0n) is 10.9. The van der Waals surface area contributed by atoms with E-state index >= 15 is 0 Å². The monoisotopic (exact) mass is 297 g/mol. The van der Waals surface area contributed by atoms with Crippen LogP contribution in [0.2, 0.25) is 0 Å². The van der Waals surface area contributed by atoms with Gasteiger partial charge in [-0.3, -0.25) is 10.1 Å². The van der Waals surface area contributed by atoms with E-state index in [9.17, 15) is 18.5 Å². The molecule has 2 N–H and O–H groups in total. The van der Waals surface area contributed by atoms with E-state index < -0.39 is 10.0 Å². The SMILES string of the molecule is CNS(=O)(=O)Cc1ccc2[nH]cc(CC[N+](=O)[O-])c2c1. The van der Waals surface area contributed by atoms with Crippen LogP contribution >= 0.6 is 0 Å². The summed E-state index contributed by atoms with van der Waals surface area (Å²) in [5.74, 6) is -0.112. The smallest absolute Gasteiger partial charge is 0.215 e. The normalized spacial score (nSPS) is 11.8. The van der Waals surface area contributed by atoms with E-state index in [0.29, 0.717) is 12.0 Å². The number of nitro groups is 1. The topological polar surface area (TPSA) is 105 Å². The number of hydrogen-bond acceptors (Lipinski definition) is 4. The lowest BCUT2D eigenvalue weighted by Gasteiger charge is -2.03. The van der Waals surface area contributed by atoms with Crippen LogP contribution in [0, 0.1) is 10.1 Å². The molecular formula is C12H15N3O4S. The summed E-state index contributed by atoms with van der Waals surface area (Å²) < 4.78 is 25.3. The second-order valence-electron chi connectivity index (χ2n) is 4.46. The predicted molar refractivity (Wildman–Crippen MR) is 75.5 cm³/mol. The van der Waals surface area contributed by atoms with Crippen LogP contribution in [-0.4, -0.2) is 31.9 Å². The maximum absolute atomic E-state index is 11.5. The summed E-state index contributed by atoms with van der Waals surface area (Å²) in [6.07, 6.45) is 2.04. The first kappa shape index (κ1) is 14.5. The van der Waals surface area contributed by atoms with E-state index in [0.717, 1.165) is 16.5 Å². The molecule has 0 aliphatic carbocycles. The molecule has 0 spiro atoms. The first-order chi connectivity index (χ1) is 9.41. The van der Waals surface area contributed by atoms with Crippen molar-refractivity contribution in [2.45, 2.75) is 12.2 Å². The Kier molecular flexibility index (Phi) is 4.05. The van der Waals surface area contributed by atoms with Gasteiger partial charge in [-0.05, 0) is 30.3 Å². The highest BCUT2D eigenvalue weighted by Gasteiger charge is 2.11. The first-order valence-corrected chi connectivity index (χ1v) is 7.68. The van der Waals surface area contributed by atoms with Crippen LogP contribution in [0.25, 0.3) is 10.9 Å². The number of aromatic nitrogens is 1. The van der Waals surface area contributed by atoms with Crippen molar-refractivity contribution >= 4 is 20.9 Å². The lowest BCUT2D eigenvalue weighted by molar-refractivity contribution is -0.479. The molecule has 8 heteroatoms.